The van der Waals surface area contributed by atoms with E-state index in [0.717, 1.165) is 28.3 Å². The molecule has 1 N–H and O–H groups in total. The first kappa shape index (κ1) is 24.1. The Bertz CT molecular complexity index is 1540. The van der Waals surface area contributed by atoms with Crippen LogP contribution in [0, 0.1) is 5.82 Å². The Morgan fingerprint density at radius 1 is 1.05 bits per heavy atom. The predicted molar refractivity (Wildman–Crippen MR) is 142 cm³/mol. The van der Waals surface area contributed by atoms with Gasteiger partial charge in [-0.05, 0) is 35.9 Å². The maximum atomic E-state index is 14.1. The van der Waals surface area contributed by atoms with Gasteiger partial charge in [0.2, 0.25) is 0 Å². The average molecular weight is 515 g/mol. The summed E-state index contributed by atoms with van der Waals surface area (Å²) in [5.41, 5.74) is 2.72. The third kappa shape index (κ3) is 4.54. The normalized spacial score (nSPS) is 16.8. The van der Waals surface area contributed by atoms with Crippen LogP contribution < -0.4 is 10.2 Å². The number of hydrogen-bond acceptors (Lipinski definition) is 5. The monoisotopic (exact) mass is 514 g/mol. The summed E-state index contributed by atoms with van der Waals surface area (Å²) >= 11 is 5.82. The highest BCUT2D eigenvalue weighted by molar-refractivity contribution is 6.38. The summed E-state index contributed by atoms with van der Waals surface area (Å²) in [5, 5.41) is 2.40. The fourth-order valence-corrected chi connectivity index (χ4v) is 4.21. The second kappa shape index (κ2) is 9.48. The molecule has 0 radical (unpaired) electrons. The standard InChI is InChI=1S/C28H20ClFN4O3/c1-33(2)18-10-8-16(9-11-18)12-24-28(37)34(26(31-24)17-6-4-3-5-7-17)25(35)14-20-19-13-22(30)21(29)15-23(19)32-27(20)36/h3-15H,1-2H3,(H,32,36)/b20-14-,24-12+. The molecule has 2 aliphatic heterocycles. The van der Waals surface area contributed by atoms with Crippen LogP contribution in [0.1, 0.15) is 16.7 Å². The van der Waals surface area contributed by atoms with Gasteiger partial charge in [0.05, 0.1) is 16.3 Å². The molecule has 9 heteroatoms. The number of imide groups is 1. The van der Waals surface area contributed by atoms with Gasteiger partial charge in [-0.1, -0.05) is 54.1 Å². The smallest absolute Gasteiger partial charge is 0.285 e. The number of aliphatic imine (C=N–C) groups is 1. The van der Waals surface area contributed by atoms with Gasteiger partial charge < -0.3 is 10.2 Å². The molecular weight excluding hydrogens is 495 g/mol. The van der Waals surface area contributed by atoms with Crippen LogP contribution >= 0.6 is 11.6 Å². The maximum absolute atomic E-state index is 14.1. The van der Waals surface area contributed by atoms with Crippen molar-refractivity contribution in [2.45, 2.75) is 0 Å². The largest absolute Gasteiger partial charge is 0.378 e. The van der Waals surface area contributed by atoms with Gasteiger partial charge in [-0.2, -0.15) is 0 Å². The molecule has 3 aromatic carbocycles. The third-order valence-electron chi connectivity index (χ3n) is 5.94. The molecule has 0 aliphatic carbocycles. The van der Waals surface area contributed by atoms with E-state index in [4.69, 9.17) is 11.6 Å². The van der Waals surface area contributed by atoms with Crippen molar-refractivity contribution in [2.24, 2.45) is 4.99 Å². The van der Waals surface area contributed by atoms with Crippen LogP contribution in [0.15, 0.2) is 83.5 Å². The highest BCUT2D eigenvalue weighted by atomic mass is 35.5. The number of amides is 3. The highest BCUT2D eigenvalue weighted by Crippen LogP contribution is 2.35. The predicted octanol–water partition coefficient (Wildman–Crippen LogP) is 4.74. The van der Waals surface area contributed by atoms with Gasteiger partial charge in [0.1, 0.15) is 11.5 Å². The number of fused-ring (bicyclic) bond motifs is 1. The van der Waals surface area contributed by atoms with Crippen LogP contribution in [0.5, 0.6) is 0 Å². The summed E-state index contributed by atoms with van der Waals surface area (Å²) in [6, 6.07) is 18.6. The zero-order valence-electron chi connectivity index (χ0n) is 19.8. The lowest BCUT2D eigenvalue weighted by atomic mass is 10.1. The molecule has 184 valence electrons. The van der Waals surface area contributed by atoms with Gasteiger partial charge in [0.15, 0.2) is 5.84 Å². The zero-order valence-corrected chi connectivity index (χ0v) is 20.6. The van der Waals surface area contributed by atoms with Gasteiger partial charge in [-0.25, -0.2) is 14.3 Å². The third-order valence-corrected chi connectivity index (χ3v) is 6.23. The highest BCUT2D eigenvalue weighted by Gasteiger charge is 2.36. The van der Waals surface area contributed by atoms with Gasteiger partial charge in [-0.3, -0.25) is 14.4 Å². The van der Waals surface area contributed by atoms with Gasteiger partial charge in [0.25, 0.3) is 17.7 Å². The van der Waals surface area contributed by atoms with Crippen molar-refractivity contribution in [3.05, 3.63) is 106 Å². The number of anilines is 2. The molecule has 0 spiro atoms. The topological polar surface area (TPSA) is 82.1 Å². The Hall–Kier alpha value is -4.56. The quantitative estimate of drug-likeness (QED) is 0.510. The second-order valence-corrected chi connectivity index (χ2v) is 9.03. The Morgan fingerprint density at radius 2 is 1.76 bits per heavy atom. The van der Waals surface area contributed by atoms with E-state index in [2.05, 4.69) is 10.3 Å². The summed E-state index contributed by atoms with van der Waals surface area (Å²) in [7, 11) is 3.85. The summed E-state index contributed by atoms with van der Waals surface area (Å²) < 4.78 is 14.1. The molecule has 0 saturated carbocycles. The zero-order chi connectivity index (χ0) is 26.3. The Balaban J connectivity index is 1.54. The Morgan fingerprint density at radius 3 is 2.43 bits per heavy atom. The summed E-state index contributed by atoms with van der Waals surface area (Å²) in [6.07, 6.45) is 2.61. The number of benzene rings is 3. The van der Waals surface area contributed by atoms with Crippen molar-refractivity contribution in [3.8, 4) is 0 Å². The first-order valence-electron chi connectivity index (χ1n) is 11.3. The van der Waals surface area contributed by atoms with E-state index >= 15 is 0 Å². The van der Waals surface area contributed by atoms with Crippen LogP contribution in [0.25, 0.3) is 11.6 Å². The van der Waals surface area contributed by atoms with Crippen LogP contribution in [0.3, 0.4) is 0 Å². The van der Waals surface area contributed by atoms with Crippen molar-refractivity contribution < 1.29 is 18.8 Å². The molecule has 0 fully saturated rings. The van der Waals surface area contributed by atoms with E-state index in [1.807, 2.05) is 43.3 Å². The van der Waals surface area contributed by atoms with Crippen molar-refractivity contribution in [3.63, 3.8) is 0 Å². The fraction of sp³-hybridized carbons (Fsp3) is 0.0714. The minimum Gasteiger partial charge on any atom is -0.378 e. The molecule has 0 bridgehead atoms. The van der Waals surface area contributed by atoms with E-state index in [-0.39, 0.29) is 33.4 Å². The number of amidine groups is 1. The van der Waals surface area contributed by atoms with E-state index in [1.165, 1.54) is 6.07 Å². The van der Waals surface area contributed by atoms with Crippen LogP contribution in [0.4, 0.5) is 15.8 Å². The van der Waals surface area contributed by atoms with Gasteiger partial charge >= 0.3 is 0 Å². The minimum atomic E-state index is -0.785. The summed E-state index contributed by atoms with van der Waals surface area (Å²) in [5.74, 6) is -2.63. The molecule has 0 unspecified atom stereocenters. The first-order chi connectivity index (χ1) is 17.7. The molecule has 0 saturated heterocycles. The van der Waals surface area contributed by atoms with Crippen molar-refractivity contribution in [1.82, 2.24) is 4.90 Å². The maximum Gasteiger partial charge on any atom is 0.285 e. The van der Waals surface area contributed by atoms with E-state index in [0.29, 0.717) is 5.56 Å². The Labute approximate surface area is 217 Å². The molecule has 0 aromatic heterocycles. The average Bonchev–Trinajstić information content (AvgIpc) is 3.36. The van der Waals surface area contributed by atoms with Crippen LogP contribution in [-0.2, 0) is 14.4 Å². The van der Waals surface area contributed by atoms with E-state index in [1.54, 1.807) is 36.4 Å². The van der Waals surface area contributed by atoms with Gasteiger partial charge in [0, 0.05) is 37.0 Å². The number of nitrogens with one attached hydrogen (secondary N) is 1. The second-order valence-electron chi connectivity index (χ2n) is 8.62. The molecule has 3 aromatic rings. The van der Waals surface area contributed by atoms with Crippen LogP contribution in [0.2, 0.25) is 5.02 Å². The van der Waals surface area contributed by atoms with Crippen molar-refractivity contribution in [2.75, 3.05) is 24.3 Å². The number of carbonyl (C=O) groups is 3. The lowest BCUT2D eigenvalue weighted by Crippen LogP contribution is -2.37. The number of nitrogens with zero attached hydrogens (tertiary/aromatic N) is 3. The number of hydrogen-bond donors (Lipinski definition) is 1. The number of carbonyl (C=O) groups excluding carboxylic acids is 3. The molecular formula is C28H20ClFN4O3. The summed E-state index contributed by atoms with van der Waals surface area (Å²) in [4.78, 5) is 46.8. The molecule has 0 atom stereocenters. The first-order valence-corrected chi connectivity index (χ1v) is 11.6. The molecule has 5 rings (SSSR count). The Kier molecular flexibility index (Phi) is 6.19. The lowest BCUT2D eigenvalue weighted by Gasteiger charge is -2.15. The SMILES string of the molecule is CN(C)c1ccc(/C=C2/N=C(c3ccccc3)N(C(=O)/C=C3\C(=O)Nc4cc(Cl)c(F)cc43)C2=O)cc1. The van der Waals surface area contributed by atoms with Crippen molar-refractivity contribution in [1.29, 1.82) is 0 Å². The number of rotatable bonds is 4. The molecule has 2 aliphatic rings. The van der Waals surface area contributed by atoms with Crippen molar-refractivity contribution >= 4 is 58.2 Å². The summed E-state index contributed by atoms with van der Waals surface area (Å²) in [6.45, 7) is 0. The molecule has 7 nitrogen and oxygen atoms in total. The molecule has 3 amide bonds. The molecule has 37 heavy (non-hydrogen) atoms. The number of halogens is 2. The molecule has 2 heterocycles. The lowest BCUT2D eigenvalue weighted by molar-refractivity contribution is -0.133. The van der Waals surface area contributed by atoms with Gasteiger partial charge in [-0.15, -0.1) is 0 Å². The van der Waals surface area contributed by atoms with E-state index < -0.39 is 23.5 Å². The van der Waals surface area contributed by atoms with Crippen LogP contribution in [-0.4, -0.2) is 42.6 Å². The fourth-order valence-electron chi connectivity index (χ4n) is 4.04. The minimum absolute atomic E-state index is 0.0669. The van der Waals surface area contributed by atoms with E-state index in [9.17, 15) is 18.8 Å².